The monoisotopic (exact) mass is 886 g/mol. The third-order valence-electron chi connectivity index (χ3n) is 12.7. The maximum atomic E-state index is 14.5. The molecule has 0 spiro atoms. The van der Waals surface area contributed by atoms with Crippen LogP contribution in [0, 0.1) is 17.8 Å². The quantitative estimate of drug-likeness (QED) is 0.0880. The van der Waals surface area contributed by atoms with E-state index in [9.17, 15) is 29.7 Å². The predicted octanol–water partition coefficient (Wildman–Crippen LogP) is 6.00. The van der Waals surface area contributed by atoms with Crippen LogP contribution in [0.25, 0.3) is 0 Å². The van der Waals surface area contributed by atoms with Gasteiger partial charge in [0.1, 0.15) is 23.9 Å². The molecular formula is C45H76ClN3O12. The zero-order valence-electron chi connectivity index (χ0n) is 38.6. The smallest absolute Gasteiger partial charge is 0.407 e. The maximum Gasteiger partial charge on any atom is 0.407 e. The largest absolute Gasteiger partial charge is 0.459 e. The molecule has 2 amide bonds. The van der Waals surface area contributed by atoms with Gasteiger partial charge in [-0.3, -0.25) is 9.69 Å². The van der Waals surface area contributed by atoms with Crippen molar-refractivity contribution in [3.8, 4) is 0 Å². The minimum absolute atomic E-state index is 0.0901. The minimum atomic E-state index is -1.91. The van der Waals surface area contributed by atoms with E-state index < -0.39 is 95.8 Å². The van der Waals surface area contributed by atoms with E-state index in [1.807, 2.05) is 44.0 Å². The molecule has 2 aliphatic rings. The fraction of sp³-hybridized carbons (Fsp3) is 0.800. The van der Waals surface area contributed by atoms with Crippen LogP contribution in [0.2, 0.25) is 5.02 Å². The number of alkyl carbamates (subject to hydrolysis) is 2. The van der Waals surface area contributed by atoms with Gasteiger partial charge >= 0.3 is 18.2 Å². The molecule has 0 radical (unpaired) electrons. The Labute approximate surface area is 368 Å². The summed E-state index contributed by atoms with van der Waals surface area (Å²) in [5, 5.41) is 42.0. The second-order valence-corrected chi connectivity index (χ2v) is 18.6. The minimum Gasteiger partial charge on any atom is -0.459 e. The van der Waals surface area contributed by atoms with Crippen LogP contribution in [0.3, 0.4) is 0 Å². The van der Waals surface area contributed by atoms with Crippen molar-refractivity contribution >= 4 is 29.8 Å². The number of nitrogens with zero attached hydrogens (tertiary/aromatic N) is 1. The lowest BCUT2D eigenvalue weighted by Gasteiger charge is -2.47. The van der Waals surface area contributed by atoms with E-state index in [4.69, 9.17) is 40.0 Å². The van der Waals surface area contributed by atoms with Gasteiger partial charge in [-0.25, -0.2) is 9.59 Å². The average Bonchev–Trinajstić information content (AvgIpc) is 3.19. The van der Waals surface area contributed by atoms with E-state index in [1.54, 1.807) is 47.6 Å². The number of carbonyl (C=O) groups excluding carboxylic acids is 3. The fourth-order valence-corrected chi connectivity index (χ4v) is 9.21. The number of halogens is 1. The number of nitrogens with one attached hydrogen (secondary N) is 2. The predicted molar refractivity (Wildman–Crippen MR) is 232 cm³/mol. The van der Waals surface area contributed by atoms with Gasteiger partial charge in [-0.15, -0.1) is 0 Å². The second kappa shape index (κ2) is 23.3. The number of ether oxygens (including phenoxy) is 6. The Hall–Kier alpha value is -2.76. The van der Waals surface area contributed by atoms with Gasteiger partial charge in [0.15, 0.2) is 12.4 Å². The molecule has 350 valence electrons. The van der Waals surface area contributed by atoms with E-state index in [1.165, 1.54) is 14.0 Å². The van der Waals surface area contributed by atoms with Gasteiger partial charge in [0.05, 0.1) is 29.3 Å². The summed E-state index contributed by atoms with van der Waals surface area (Å²) in [6, 6.07) is 6.70. The number of rotatable bonds is 13. The molecule has 2 heterocycles. The zero-order chi connectivity index (χ0) is 45.9. The molecule has 14 atom stereocenters. The van der Waals surface area contributed by atoms with Gasteiger partial charge in [0.25, 0.3) is 0 Å². The first-order valence-electron chi connectivity index (χ1n) is 22.0. The number of carbonyl (C=O) groups is 3. The number of methoxy groups -OCH3 is 1. The van der Waals surface area contributed by atoms with Crippen LogP contribution < -0.4 is 10.6 Å². The summed E-state index contributed by atoms with van der Waals surface area (Å²) < 4.78 is 36.9. The number of likely N-dealkylation sites (N-methyl/N-ethyl adjacent to an activating group) is 1. The number of hydrogen-bond donors (Lipinski definition) is 5. The Morgan fingerprint density at radius 3 is 2.18 bits per heavy atom. The molecule has 15 nitrogen and oxygen atoms in total. The SMILES string of the molecule is CCCCCNC(=O)O[C@@H]1[C@@H](C)[C@H](O[C@H]2C[C@@](C)(OC)[C@@H](O)[C@H](C)O2)[C@@H](C)C(=O)O[C@H](CC)[C@@](C)(O)[C@@H](OC(=O)NCCc2ccccc2Cl)[C@@H](C)N(C)C[C@H](C)C[C@@]1(C)O. The highest BCUT2D eigenvalue weighted by Gasteiger charge is 2.52. The second-order valence-electron chi connectivity index (χ2n) is 18.1. The van der Waals surface area contributed by atoms with Gasteiger partial charge in [-0.2, -0.15) is 0 Å². The molecule has 2 saturated heterocycles. The van der Waals surface area contributed by atoms with Crippen LogP contribution in [-0.4, -0.2) is 138 Å². The van der Waals surface area contributed by atoms with Crippen LogP contribution in [0.1, 0.15) is 113 Å². The normalized spacial score (nSPS) is 37.1. The number of benzene rings is 1. The van der Waals surface area contributed by atoms with Crippen molar-refractivity contribution < 1.29 is 58.1 Å². The first-order valence-corrected chi connectivity index (χ1v) is 22.4. The molecule has 0 bridgehead atoms. The number of esters is 1. The Balaban J connectivity index is 2.08. The third kappa shape index (κ3) is 14.1. The van der Waals surface area contributed by atoms with Crippen LogP contribution >= 0.6 is 11.6 Å². The molecular weight excluding hydrogens is 810 g/mol. The van der Waals surface area contributed by atoms with E-state index in [0.717, 1.165) is 24.8 Å². The Kier molecular flexibility index (Phi) is 20.0. The lowest BCUT2D eigenvalue weighted by molar-refractivity contribution is -0.299. The molecule has 2 fully saturated rings. The molecule has 1 aromatic rings. The number of amides is 2. The van der Waals surface area contributed by atoms with Gasteiger partial charge in [-0.1, -0.05) is 70.3 Å². The van der Waals surface area contributed by atoms with Crippen LogP contribution in [0.4, 0.5) is 9.59 Å². The number of aliphatic hydroxyl groups excluding tert-OH is 1. The van der Waals surface area contributed by atoms with Crippen LogP contribution in [-0.2, 0) is 39.6 Å². The zero-order valence-corrected chi connectivity index (χ0v) is 39.3. The molecule has 2 aliphatic heterocycles. The Morgan fingerprint density at radius 2 is 1.57 bits per heavy atom. The summed E-state index contributed by atoms with van der Waals surface area (Å²) in [5.74, 6) is -2.93. The van der Waals surface area contributed by atoms with Gasteiger partial charge in [-0.05, 0) is 91.8 Å². The molecule has 0 aliphatic carbocycles. The highest BCUT2D eigenvalue weighted by atomic mass is 35.5. The fourth-order valence-electron chi connectivity index (χ4n) is 8.98. The molecule has 0 aromatic heterocycles. The van der Waals surface area contributed by atoms with Crippen LogP contribution in [0.15, 0.2) is 24.3 Å². The summed E-state index contributed by atoms with van der Waals surface area (Å²) in [4.78, 5) is 43.3. The van der Waals surface area contributed by atoms with Crippen molar-refractivity contribution in [2.45, 2.75) is 180 Å². The van der Waals surface area contributed by atoms with Gasteiger partial charge in [0, 0.05) is 50.1 Å². The van der Waals surface area contributed by atoms with Crippen molar-refractivity contribution in [3.05, 3.63) is 34.9 Å². The molecule has 0 saturated carbocycles. The highest BCUT2D eigenvalue weighted by molar-refractivity contribution is 6.31. The van der Waals surface area contributed by atoms with E-state index in [-0.39, 0.29) is 31.7 Å². The summed E-state index contributed by atoms with van der Waals surface area (Å²) in [7, 11) is 3.31. The molecule has 0 unspecified atom stereocenters. The molecule has 3 rings (SSSR count). The molecule has 5 N–H and O–H groups in total. The Morgan fingerprint density at radius 1 is 0.951 bits per heavy atom. The first-order chi connectivity index (χ1) is 28.5. The lowest BCUT2D eigenvalue weighted by atomic mass is 9.78. The first kappa shape index (κ1) is 52.6. The van der Waals surface area contributed by atoms with E-state index in [0.29, 0.717) is 24.5 Å². The van der Waals surface area contributed by atoms with Crippen molar-refractivity contribution in [1.82, 2.24) is 15.5 Å². The summed E-state index contributed by atoms with van der Waals surface area (Å²) >= 11 is 6.33. The maximum absolute atomic E-state index is 14.5. The standard InChI is InChI=1S/C45H76ClN3O12/c1-13-15-18-22-47-41(52)60-38-28(4)36(59-35-25-44(9,56-12)37(50)31(7)57-35)29(5)40(51)58-34(14-2)45(10,55)39(30(6)49(11)26-27(3)24-43(38,8)54)61-42(53)48-23-21-32-19-16-17-20-33(32)46/h16-17,19-20,27-31,34-39,50,54-55H,13-15,18,21-26H2,1-12H3,(H,47,52)(H,48,53)/t27-,28+,29-,30-,31+,34-,35+,36+,37+,38-,39+,43-,44-,45-/m1/s1. The lowest BCUT2D eigenvalue weighted by Crippen LogP contribution is -2.61. The van der Waals surface area contributed by atoms with Crippen molar-refractivity contribution in [1.29, 1.82) is 0 Å². The van der Waals surface area contributed by atoms with Crippen molar-refractivity contribution in [3.63, 3.8) is 0 Å². The number of aliphatic hydroxyl groups is 3. The van der Waals surface area contributed by atoms with E-state index >= 15 is 0 Å². The summed E-state index contributed by atoms with van der Waals surface area (Å²) in [6.07, 6.45) is -5.41. The Bertz CT molecular complexity index is 1550. The van der Waals surface area contributed by atoms with Gasteiger partial charge in [0.2, 0.25) is 0 Å². The topological polar surface area (TPSA) is 195 Å². The number of hydrogen-bond acceptors (Lipinski definition) is 13. The highest BCUT2D eigenvalue weighted by Crippen LogP contribution is 2.39. The van der Waals surface area contributed by atoms with Crippen molar-refractivity contribution in [2.24, 2.45) is 17.8 Å². The summed E-state index contributed by atoms with van der Waals surface area (Å²) in [5.41, 5.74) is -3.78. The van der Waals surface area contributed by atoms with Crippen molar-refractivity contribution in [2.75, 3.05) is 33.8 Å². The number of unbranched alkanes of at least 4 members (excludes halogenated alkanes) is 2. The summed E-state index contributed by atoms with van der Waals surface area (Å²) in [6.45, 7) is 18.4. The van der Waals surface area contributed by atoms with Crippen LogP contribution in [0.5, 0.6) is 0 Å². The molecule has 61 heavy (non-hydrogen) atoms. The molecule has 1 aromatic carbocycles. The van der Waals surface area contributed by atoms with E-state index in [2.05, 4.69) is 17.6 Å². The average molecular weight is 887 g/mol. The molecule has 16 heteroatoms. The third-order valence-corrected chi connectivity index (χ3v) is 13.1. The number of cyclic esters (lactones) is 1. The van der Waals surface area contributed by atoms with Gasteiger partial charge < -0.3 is 54.4 Å².